The van der Waals surface area contributed by atoms with Crippen molar-refractivity contribution < 1.29 is 9.53 Å². The smallest absolute Gasteiger partial charge is 0.238 e. The first-order chi connectivity index (χ1) is 9.17. The molecule has 1 atom stereocenters. The molecule has 4 nitrogen and oxygen atoms in total. The maximum atomic E-state index is 12.0. The summed E-state index contributed by atoms with van der Waals surface area (Å²) in [5.74, 6) is 1.55. The van der Waals surface area contributed by atoms with E-state index >= 15 is 0 Å². The molecule has 1 amide bonds. The number of hydrogen-bond acceptors (Lipinski definition) is 3. The Morgan fingerprint density at radius 1 is 1.42 bits per heavy atom. The van der Waals surface area contributed by atoms with Crippen molar-refractivity contribution in [2.24, 2.45) is 5.92 Å². The number of ether oxygens (including phenoxy) is 1. The molecule has 1 aromatic rings. The predicted octanol–water partition coefficient (Wildman–Crippen LogP) is 2.37. The van der Waals surface area contributed by atoms with E-state index in [4.69, 9.17) is 4.74 Å². The second-order valence-electron chi connectivity index (χ2n) is 5.26. The molecule has 104 valence electrons. The first-order valence-electron chi connectivity index (χ1n) is 6.83. The minimum absolute atomic E-state index is 0.0549. The zero-order valence-electron chi connectivity index (χ0n) is 11.7. The Hall–Kier alpha value is -1.55. The normalized spacial score (nSPS) is 20.0. The zero-order chi connectivity index (χ0) is 13.7. The lowest BCUT2D eigenvalue weighted by atomic mass is 10.0. The van der Waals surface area contributed by atoms with E-state index in [0.717, 1.165) is 24.5 Å². The number of amides is 1. The number of rotatable bonds is 4. The molecule has 0 aromatic heterocycles. The molecule has 1 aromatic carbocycles. The van der Waals surface area contributed by atoms with Crippen LogP contribution in [0.3, 0.4) is 0 Å². The molecular formula is C15H22N2O2. The van der Waals surface area contributed by atoms with E-state index in [1.54, 1.807) is 7.11 Å². The Bertz CT molecular complexity index is 417. The van der Waals surface area contributed by atoms with Crippen LogP contribution >= 0.6 is 0 Å². The van der Waals surface area contributed by atoms with Crippen LogP contribution < -0.4 is 10.1 Å². The molecule has 1 fully saturated rings. The molecule has 0 bridgehead atoms. The molecule has 1 N–H and O–H groups in total. The molecular weight excluding hydrogens is 240 g/mol. The highest BCUT2D eigenvalue weighted by atomic mass is 16.5. The minimum atomic E-state index is 0.0549. The molecule has 0 spiro atoms. The SMILES string of the molecule is COc1ccc(NC(=O)CN2CCC[C@H](C)C2)cc1. The standard InChI is InChI=1S/C15H22N2O2/c1-12-4-3-9-17(10-12)11-15(18)16-13-5-7-14(19-2)8-6-13/h5-8,12H,3-4,9-11H2,1-2H3,(H,16,18)/t12-/m0/s1. The lowest BCUT2D eigenvalue weighted by molar-refractivity contribution is -0.117. The van der Waals surface area contributed by atoms with Gasteiger partial charge in [-0.2, -0.15) is 0 Å². The van der Waals surface area contributed by atoms with Gasteiger partial charge in [0.1, 0.15) is 5.75 Å². The van der Waals surface area contributed by atoms with E-state index in [-0.39, 0.29) is 5.91 Å². The van der Waals surface area contributed by atoms with Gasteiger partial charge in [-0.3, -0.25) is 9.69 Å². The van der Waals surface area contributed by atoms with Crippen molar-refractivity contribution >= 4 is 11.6 Å². The molecule has 2 rings (SSSR count). The Labute approximate surface area is 114 Å². The molecule has 0 unspecified atom stereocenters. The summed E-state index contributed by atoms with van der Waals surface area (Å²) in [6.07, 6.45) is 2.47. The number of hydrogen-bond donors (Lipinski definition) is 1. The van der Waals surface area contributed by atoms with Gasteiger partial charge < -0.3 is 10.1 Å². The average molecular weight is 262 g/mol. The third kappa shape index (κ3) is 4.24. The summed E-state index contributed by atoms with van der Waals surface area (Å²) in [5.41, 5.74) is 0.816. The van der Waals surface area contributed by atoms with Gasteiger partial charge in [-0.1, -0.05) is 6.92 Å². The van der Waals surface area contributed by atoms with Crippen LogP contribution in [0.15, 0.2) is 24.3 Å². The molecule has 1 saturated heterocycles. The van der Waals surface area contributed by atoms with Gasteiger partial charge in [-0.05, 0) is 49.6 Å². The summed E-state index contributed by atoms with van der Waals surface area (Å²) in [6, 6.07) is 7.41. The number of nitrogens with zero attached hydrogens (tertiary/aromatic N) is 1. The van der Waals surface area contributed by atoms with Crippen molar-refractivity contribution in [1.82, 2.24) is 4.90 Å². The second kappa shape index (κ2) is 6.57. The van der Waals surface area contributed by atoms with E-state index in [9.17, 15) is 4.79 Å². The lowest BCUT2D eigenvalue weighted by Gasteiger charge is -2.30. The second-order valence-corrected chi connectivity index (χ2v) is 5.26. The topological polar surface area (TPSA) is 41.6 Å². The van der Waals surface area contributed by atoms with Crippen molar-refractivity contribution in [3.63, 3.8) is 0 Å². The molecule has 1 heterocycles. The van der Waals surface area contributed by atoms with Crippen LogP contribution in [-0.2, 0) is 4.79 Å². The average Bonchev–Trinajstić information content (AvgIpc) is 2.39. The van der Waals surface area contributed by atoms with Crippen molar-refractivity contribution in [3.8, 4) is 5.75 Å². The number of carbonyl (C=O) groups excluding carboxylic acids is 1. The number of benzene rings is 1. The number of carbonyl (C=O) groups is 1. The van der Waals surface area contributed by atoms with Crippen LogP contribution in [0.25, 0.3) is 0 Å². The van der Waals surface area contributed by atoms with Crippen LogP contribution in [0.5, 0.6) is 5.75 Å². The largest absolute Gasteiger partial charge is 0.497 e. The third-order valence-corrected chi connectivity index (χ3v) is 3.48. The van der Waals surface area contributed by atoms with Crippen molar-refractivity contribution in [1.29, 1.82) is 0 Å². The van der Waals surface area contributed by atoms with Crippen LogP contribution in [0.2, 0.25) is 0 Å². The molecule has 0 radical (unpaired) electrons. The third-order valence-electron chi connectivity index (χ3n) is 3.48. The van der Waals surface area contributed by atoms with Crippen molar-refractivity contribution in [2.45, 2.75) is 19.8 Å². The van der Waals surface area contributed by atoms with Crippen molar-refractivity contribution in [3.05, 3.63) is 24.3 Å². The highest BCUT2D eigenvalue weighted by Gasteiger charge is 2.18. The Morgan fingerprint density at radius 3 is 2.79 bits per heavy atom. The van der Waals surface area contributed by atoms with Crippen LogP contribution in [0, 0.1) is 5.92 Å². The maximum Gasteiger partial charge on any atom is 0.238 e. The highest BCUT2D eigenvalue weighted by molar-refractivity contribution is 5.92. The van der Waals surface area contributed by atoms with Crippen LogP contribution in [0.4, 0.5) is 5.69 Å². The summed E-state index contributed by atoms with van der Waals surface area (Å²) >= 11 is 0. The molecule has 4 heteroatoms. The Kier molecular flexibility index (Phi) is 4.80. The summed E-state index contributed by atoms with van der Waals surface area (Å²) in [7, 11) is 1.63. The quantitative estimate of drug-likeness (QED) is 0.905. The molecule has 1 aliphatic heterocycles. The maximum absolute atomic E-state index is 12.0. The molecule has 19 heavy (non-hydrogen) atoms. The van der Waals surface area contributed by atoms with E-state index in [1.165, 1.54) is 12.8 Å². The number of nitrogens with one attached hydrogen (secondary N) is 1. The lowest BCUT2D eigenvalue weighted by Crippen LogP contribution is -2.39. The van der Waals surface area contributed by atoms with Crippen LogP contribution in [-0.4, -0.2) is 37.6 Å². The predicted molar refractivity (Wildman–Crippen MR) is 76.5 cm³/mol. The van der Waals surface area contributed by atoms with Gasteiger partial charge in [-0.25, -0.2) is 0 Å². The van der Waals surface area contributed by atoms with Gasteiger partial charge in [0.15, 0.2) is 0 Å². The van der Waals surface area contributed by atoms with Gasteiger partial charge in [0, 0.05) is 12.2 Å². The van der Waals surface area contributed by atoms with Gasteiger partial charge in [0.05, 0.1) is 13.7 Å². The summed E-state index contributed by atoms with van der Waals surface area (Å²) in [5, 5.41) is 2.92. The zero-order valence-corrected chi connectivity index (χ0v) is 11.7. The summed E-state index contributed by atoms with van der Waals surface area (Å²) in [6.45, 7) is 4.78. The van der Waals surface area contributed by atoms with E-state index in [1.807, 2.05) is 24.3 Å². The molecule has 0 aliphatic carbocycles. The number of likely N-dealkylation sites (tertiary alicyclic amines) is 1. The fraction of sp³-hybridized carbons (Fsp3) is 0.533. The van der Waals surface area contributed by atoms with Gasteiger partial charge >= 0.3 is 0 Å². The molecule has 1 aliphatic rings. The van der Waals surface area contributed by atoms with Gasteiger partial charge in [-0.15, -0.1) is 0 Å². The molecule has 0 saturated carbocycles. The van der Waals surface area contributed by atoms with E-state index in [0.29, 0.717) is 12.5 Å². The fourth-order valence-corrected chi connectivity index (χ4v) is 2.51. The monoisotopic (exact) mass is 262 g/mol. The number of piperidine rings is 1. The first kappa shape index (κ1) is 13.9. The van der Waals surface area contributed by atoms with Gasteiger partial charge in [0.2, 0.25) is 5.91 Å². The Balaban J connectivity index is 1.83. The highest BCUT2D eigenvalue weighted by Crippen LogP contribution is 2.17. The van der Waals surface area contributed by atoms with Gasteiger partial charge in [0.25, 0.3) is 0 Å². The van der Waals surface area contributed by atoms with Crippen molar-refractivity contribution in [2.75, 3.05) is 32.1 Å². The van der Waals surface area contributed by atoms with E-state index in [2.05, 4.69) is 17.1 Å². The number of methoxy groups -OCH3 is 1. The first-order valence-corrected chi connectivity index (χ1v) is 6.83. The fourth-order valence-electron chi connectivity index (χ4n) is 2.51. The summed E-state index contributed by atoms with van der Waals surface area (Å²) in [4.78, 5) is 14.2. The Morgan fingerprint density at radius 2 is 2.16 bits per heavy atom. The van der Waals surface area contributed by atoms with Crippen LogP contribution in [0.1, 0.15) is 19.8 Å². The summed E-state index contributed by atoms with van der Waals surface area (Å²) < 4.78 is 5.09. The number of anilines is 1. The minimum Gasteiger partial charge on any atom is -0.497 e. The van der Waals surface area contributed by atoms with E-state index < -0.39 is 0 Å².